The third-order valence-corrected chi connectivity index (χ3v) is 6.18. The number of rotatable bonds is 6. The highest BCUT2D eigenvalue weighted by Crippen LogP contribution is 2.33. The molecule has 2 aliphatic rings. The van der Waals surface area contributed by atoms with Gasteiger partial charge in [-0.15, -0.1) is 0 Å². The van der Waals surface area contributed by atoms with Gasteiger partial charge in [0.25, 0.3) is 0 Å². The zero-order valence-electron chi connectivity index (χ0n) is 14.5. The molecule has 0 radical (unpaired) electrons. The molecule has 2 heterocycles. The second kappa shape index (κ2) is 7.90. The normalized spacial score (nSPS) is 20.0. The molecule has 1 fully saturated rings. The predicted octanol–water partition coefficient (Wildman–Crippen LogP) is 1.14. The first-order valence-corrected chi connectivity index (χ1v) is 10.1. The van der Waals surface area contributed by atoms with E-state index in [1.807, 2.05) is 0 Å². The summed E-state index contributed by atoms with van der Waals surface area (Å²) in [6.45, 7) is 3.74. The molecular formula is C17H26N2O5S. The first-order chi connectivity index (χ1) is 12.0. The molecule has 0 amide bonds. The van der Waals surface area contributed by atoms with Crippen LogP contribution in [0.3, 0.4) is 0 Å². The number of fused-ring (bicyclic) bond motifs is 1. The zero-order chi connectivity index (χ0) is 17.8. The largest absolute Gasteiger partial charge is 0.490 e. The summed E-state index contributed by atoms with van der Waals surface area (Å²) < 4.78 is 44.7. The minimum atomic E-state index is -3.62. The average molecular weight is 370 g/mol. The molecule has 0 aliphatic carbocycles. The lowest BCUT2D eigenvalue weighted by Crippen LogP contribution is -2.47. The van der Waals surface area contributed by atoms with Gasteiger partial charge in [0.15, 0.2) is 11.5 Å². The van der Waals surface area contributed by atoms with E-state index in [1.165, 1.54) is 6.07 Å². The summed E-state index contributed by atoms with van der Waals surface area (Å²) in [5, 5.41) is 3.30. The van der Waals surface area contributed by atoms with Gasteiger partial charge in [0.05, 0.1) is 24.7 Å². The lowest BCUT2D eigenvalue weighted by Gasteiger charge is -2.37. The van der Waals surface area contributed by atoms with E-state index < -0.39 is 10.0 Å². The fourth-order valence-electron chi connectivity index (χ4n) is 3.28. The summed E-state index contributed by atoms with van der Waals surface area (Å²) in [6.07, 6.45) is 2.54. The number of hydrogen-bond acceptors (Lipinski definition) is 6. The second-order valence-electron chi connectivity index (χ2n) is 6.67. The highest BCUT2D eigenvalue weighted by molar-refractivity contribution is 7.89. The topological polar surface area (TPSA) is 85.9 Å². The van der Waals surface area contributed by atoms with Crippen LogP contribution in [-0.4, -0.2) is 55.0 Å². The Kier molecular flexibility index (Phi) is 5.83. The predicted molar refractivity (Wildman–Crippen MR) is 93.7 cm³/mol. The van der Waals surface area contributed by atoms with Crippen molar-refractivity contribution in [2.75, 3.05) is 46.6 Å². The van der Waals surface area contributed by atoms with Crippen molar-refractivity contribution in [3.8, 4) is 11.5 Å². The number of piperidine rings is 1. The number of methoxy groups -OCH3 is 1. The van der Waals surface area contributed by atoms with E-state index in [2.05, 4.69) is 10.0 Å². The first-order valence-electron chi connectivity index (χ1n) is 8.64. The van der Waals surface area contributed by atoms with Crippen molar-refractivity contribution >= 4 is 10.0 Å². The Morgan fingerprint density at radius 2 is 1.92 bits per heavy atom. The Labute approximate surface area is 149 Å². The van der Waals surface area contributed by atoms with E-state index >= 15 is 0 Å². The van der Waals surface area contributed by atoms with Gasteiger partial charge in [-0.05, 0) is 38.1 Å². The van der Waals surface area contributed by atoms with E-state index in [0.717, 1.165) is 32.4 Å². The summed E-state index contributed by atoms with van der Waals surface area (Å²) >= 11 is 0. The maximum atomic E-state index is 12.7. The fraction of sp³-hybridized carbons (Fsp3) is 0.647. The number of nitrogens with one attached hydrogen (secondary N) is 2. The minimum Gasteiger partial charge on any atom is -0.490 e. The van der Waals surface area contributed by atoms with Crippen LogP contribution in [0.1, 0.15) is 19.3 Å². The first kappa shape index (κ1) is 18.4. The molecule has 0 spiro atoms. The van der Waals surface area contributed by atoms with Crippen LogP contribution in [0.4, 0.5) is 0 Å². The maximum absolute atomic E-state index is 12.7. The minimum absolute atomic E-state index is 0.168. The average Bonchev–Trinajstić information content (AvgIpc) is 2.86. The van der Waals surface area contributed by atoms with Gasteiger partial charge in [-0.3, -0.25) is 0 Å². The number of sulfonamides is 1. The number of hydrogen-bond donors (Lipinski definition) is 2. The van der Waals surface area contributed by atoms with Gasteiger partial charge in [0.1, 0.15) is 0 Å². The van der Waals surface area contributed by atoms with Crippen molar-refractivity contribution < 1.29 is 22.6 Å². The molecule has 0 saturated carbocycles. The Balaban J connectivity index is 1.74. The third kappa shape index (κ3) is 4.44. The van der Waals surface area contributed by atoms with E-state index in [9.17, 15) is 8.42 Å². The summed E-state index contributed by atoms with van der Waals surface area (Å²) in [4.78, 5) is 0.193. The van der Waals surface area contributed by atoms with Gasteiger partial charge >= 0.3 is 0 Å². The van der Waals surface area contributed by atoms with Gasteiger partial charge < -0.3 is 19.5 Å². The molecule has 2 N–H and O–H groups in total. The van der Waals surface area contributed by atoms with E-state index in [-0.39, 0.29) is 10.3 Å². The van der Waals surface area contributed by atoms with Crippen LogP contribution in [-0.2, 0) is 14.8 Å². The van der Waals surface area contributed by atoms with Crippen LogP contribution in [0.15, 0.2) is 23.1 Å². The smallest absolute Gasteiger partial charge is 0.240 e. The highest BCUT2D eigenvalue weighted by atomic mass is 32.2. The summed E-state index contributed by atoms with van der Waals surface area (Å²) in [6, 6.07) is 4.75. The van der Waals surface area contributed by atoms with Crippen LogP contribution in [0.25, 0.3) is 0 Å². The van der Waals surface area contributed by atoms with Crippen LogP contribution in [0, 0.1) is 5.41 Å². The lowest BCUT2D eigenvalue weighted by atomic mass is 9.80. The van der Waals surface area contributed by atoms with Crippen molar-refractivity contribution in [3.63, 3.8) is 0 Å². The van der Waals surface area contributed by atoms with Crippen molar-refractivity contribution in [2.24, 2.45) is 5.41 Å². The van der Waals surface area contributed by atoms with Crippen molar-refractivity contribution in [3.05, 3.63) is 18.2 Å². The Morgan fingerprint density at radius 1 is 1.20 bits per heavy atom. The molecule has 1 saturated heterocycles. The molecule has 0 unspecified atom stereocenters. The molecule has 1 aromatic rings. The molecule has 2 aliphatic heterocycles. The Morgan fingerprint density at radius 3 is 2.64 bits per heavy atom. The molecule has 8 heteroatoms. The summed E-state index contributed by atoms with van der Waals surface area (Å²) in [5.41, 5.74) is -0.168. The number of benzene rings is 1. The monoisotopic (exact) mass is 370 g/mol. The highest BCUT2D eigenvalue weighted by Gasteiger charge is 2.33. The third-order valence-electron chi connectivity index (χ3n) is 4.78. The summed E-state index contributed by atoms with van der Waals surface area (Å²) in [5.74, 6) is 1.07. The SMILES string of the molecule is COCC1(CNS(=O)(=O)c2ccc3c(c2)OCCCO3)CCNCC1. The fourth-order valence-corrected chi connectivity index (χ4v) is 4.45. The standard InChI is InChI=1S/C17H26N2O5S/c1-22-13-17(5-7-18-8-6-17)12-19-25(20,21)14-3-4-15-16(11-14)24-10-2-9-23-15/h3-4,11,18-19H,2,5-10,12-13H2,1H3. The van der Waals surface area contributed by atoms with E-state index in [4.69, 9.17) is 14.2 Å². The molecule has 0 atom stereocenters. The molecule has 3 rings (SSSR count). The molecule has 140 valence electrons. The Bertz CT molecular complexity index is 681. The lowest BCUT2D eigenvalue weighted by molar-refractivity contribution is 0.0577. The van der Waals surface area contributed by atoms with Crippen LogP contribution in [0.2, 0.25) is 0 Å². The van der Waals surface area contributed by atoms with Gasteiger partial charge in [-0.1, -0.05) is 0 Å². The van der Waals surface area contributed by atoms with Crippen LogP contribution < -0.4 is 19.5 Å². The van der Waals surface area contributed by atoms with Crippen LogP contribution in [0.5, 0.6) is 11.5 Å². The van der Waals surface area contributed by atoms with E-state index in [0.29, 0.717) is 37.9 Å². The van der Waals surface area contributed by atoms with Gasteiger partial charge in [0, 0.05) is 31.6 Å². The van der Waals surface area contributed by atoms with Crippen LogP contribution >= 0.6 is 0 Å². The van der Waals surface area contributed by atoms with Gasteiger partial charge in [-0.25, -0.2) is 13.1 Å². The van der Waals surface area contributed by atoms with Gasteiger partial charge in [0.2, 0.25) is 10.0 Å². The molecule has 1 aromatic carbocycles. The second-order valence-corrected chi connectivity index (χ2v) is 8.43. The quantitative estimate of drug-likeness (QED) is 0.781. The maximum Gasteiger partial charge on any atom is 0.240 e. The van der Waals surface area contributed by atoms with Crippen molar-refractivity contribution in [2.45, 2.75) is 24.2 Å². The molecular weight excluding hydrogens is 344 g/mol. The van der Waals surface area contributed by atoms with E-state index in [1.54, 1.807) is 19.2 Å². The summed E-state index contributed by atoms with van der Waals surface area (Å²) in [7, 11) is -1.97. The molecule has 7 nitrogen and oxygen atoms in total. The Hall–Kier alpha value is -1.35. The van der Waals surface area contributed by atoms with Gasteiger partial charge in [-0.2, -0.15) is 0 Å². The van der Waals surface area contributed by atoms with Crippen molar-refractivity contribution in [1.29, 1.82) is 0 Å². The van der Waals surface area contributed by atoms with Crippen molar-refractivity contribution in [1.82, 2.24) is 10.0 Å². The molecule has 0 bridgehead atoms. The molecule has 0 aromatic heterocycles. The zero-order valence-corrected chi connectivity index (χ0v) is 15.4. The molecule has 25 heavy (non-hydrogen) atoms. The number of ether oxygens (including phenoxy) is 3.